The van der Waals surface area contributed by atoms with Crippen molar-refractivity contribution in [2.75, 3.05) is 10.2 Å². The fourth-order valence-corrected chi connectivity index (χ4v) is 5.90. The Hall–Kier alpha value is -0.817. The van der Waals surface area contributed by atoms with Crippen molar-refractivity contribution in [3.63, 3.8) is 0 Å². The minimum absolute atomic E-state index is 0. The van der Waals surface area contributed by atoms with Crippen LogP contribution < -0.4 is 0 Å². The third kappa shape index (κ3) is 9.79. The molecule has 27 heavy (non-hydrogen) atoms. The fourth-order valence-electron chi connectivity index (χ4n) is 1.65. The molecule has 144 valence electrons. The SMILES string of the molecule is O=S([O-])CS(=O)(=O)c1ccccc1.O=S([O-])CS(=O)(=O)c1ccccc1.[Zn+2]. The van der Waals surface area contributed by atoms with E-state index in [-0.39, 0.29) is 29.3 Å². The smallest absolute Gasteiger partial charge is 0.772 e. The van der Waals surface area contributed by atoms with Gasteiger partial charge in [0.2, 0.25) is 0 Å². The zero-order valence-electron chi connectivity index (χ0n) is 13.8. The van der Waals surface area contributed by atoms with E-state index in [4.69, 9.17) is 0 Å². The van der Waals surface area contributed by atoms with Gasteiger partial charge in [-0.3, -0.25) is 8.42 Å². The molecular weight excluding hydrogens is 490 g/mol. The van der Waals surface area contributed by atoms with Gasteiger partial charge in [0.15, 0.2) is 19.7 Å². The zero-order chi connectivity index (χ0) is 19.8. The van der Waals surface area contributed by atoms with Crippen molar-refractivity contribution in [1.29, 1.82) is 0 Å². The molecule has 0 radical (unpaired) electrons. The summed E-state index contributed by atoms with van der Waals surface area (Å²) in [5.41, 5.74) is 0. The molecule has 0 bridgehead atoms. The van der Waals surface area contributed by atoms with Gasteiger partial charge in [0, 0.05) is 0 Å². The van der Waals surface area contributed by atoms with E-state index in [1.54, 1.807) is 36.4 Å². The van der Waals surface area contributed by atoms with Gasteiger partial charge in [-0.1, -0.05) is 36.4 Å². The van der Waals surface area contributed by atoms with Crippen LogP contribution in [0.4, 0.5) is 0 Å². The Morgan fingerprint density at radius 2 is 0.889 bits per heavy atom. The van der Waals surface area contributed by atoms with Gasteiger partial charge in [-0.2, -0.15) is 0 Å². The molecule has 0 heterocycles. The summed E-state index contributed by atoms with van der Waals surface area (Å²) < 4.78 is 85.8. The minimum atomic E-state index is -3.67. The standard InChI is InChI=1S/2C7H8O4S2.Zn/c2*8-12(9)6-13(10,11)7-4-2-1-3-5-7;/h2*1-5H,6H2,(H,8,9);/q;;+2/p-2. The summed E-state index contributed by atoms with van der Waals surface area (Å²) in [6.07, 6.45) is 0. The van der Waals surface area contributed by atoms with E-state index in [9.17, 15) is 34.4 Å². The van der Waals surface area contributed by atoms with Crippen LogP contribution in [0.25, 0.3) is 0 Å². The third-order valence-electron chi connectivity index (χ3n) is 2.71. The molecule has 2 aromatic rings. The van der Waals surface area contributed by atoms with Gasteiger partial charge in [-0.15, -0.1) is 0 Å². The second-order valence-electron chi connectivity index (χ2n) is 4.70. The summed E-state index contributed by atoms with van der Waals surface area (Å²) in [7, 11) is -7.34. The molecule has 0 saturated heterocycles. The molecule has 2 rings (SSSR count). The number of hydrogen-bond acceptors (Lipinski definition) is 8. The molecule has 0 aliphatic heterocycles. The monoisotopic (exact) mass is 502 g/mol. The fraction of sp³-hybridized carbons (Fsp3) is 0.143. The zero-order valence-corrected chi connectivity index (χ0v) is 20.0. The molecule has 8 nitrogen and oxygen atoms in total. The van der Waals surface area contributed by atoms with Crippen LogP contribution in [0.2, 0.25) is 0 Å². The van der Waals surface area contributed by atoms with Crippen molar-refractivity contribution in [3.05, 3.63) is 60.7 Å². The van der Waals surface area contributed by atoms with Crippen molar-refractivity contribution in [2.24, 2.45) is 0 Å². The van der Waals surface area contributed by atoms with E-state index in [1.807, 2.05) is 0 Å². The largest absolute Gasteiger partial charge is 2.00 e. The molecule has 0 aliphatic carbocycles. The predicted molar refractivity (Wildman–Crippen MR) is 94.8 cm³/mol. The van der Waals surface area contributed by atoms with Gasteiger partial charge in [0.05, 0.1) is 9.79 Å². The number of sulfone groups is 2. The molecular formula is C14H14O8S4Zn. The van der Waals surface area contributed by atoms with Crippen LogP contribution in [0, 0.1) is 0 Å². The molecule has 0 spiro atoms. The predicted octanol–water partition coefficient (Wildman–Crippen LogP) is 0.591. The molecule has 0 aromatic heterocycles. The second kappa shape index (κ2) is 11.9. The van der Waals surface area contributed by atoms with Crippen LogP contribution in [-0.4, -0.2) is 44.5 Å². The molecule has 2 unspecified atom stereocenters. The van der Waals surface area contributed by atoms with E-state index < -0.39 is 52.0 Å². The van der Waals surface area contributed by atoms with Crippen molar-refractivity contribution in [1.82, 2.24) is 0 Å². The van der Waals surface area contributed by atoms with Crippen molar-refractivity contribution in [3.8, 4) is 0 Å². The van der Waals surface area contributed by atoms with Crippen LogP contribution in [0.3, 0.4) is 0 Å². The Morgan fingerprint density at radius 1 is 0.630 bits per heavy atom. The van der Waals surface area contributed by atoms with E-state index in [1.165, 1.54) is 24.3 Å². The molecule has 0 aliphatic rings. The van der Waals surface area contributed by atoms with Crippen LogP contribution in [-0.2, 0) is 61.3 Å². The van der Waals surface area contributed by atoms with Gasteiger partial charge < -0.3 is 9.11 Å². The first-order valence-corrected chi connectivity index (χ1v) is 12.5. The molecule has 13 heteroatoms. The Labute approximate surface area is 175 Å². The van der Waals surface area contributed by atoms with E-state index in [0.717, 1.165) is 0 Å². The van der Waals surface area contributed by atoms with Crippen LogP contribution in [0.15, 0.2) is 70.5 Å². The van der Waals surface area contributed by atoms with Crippen LogP contribution >= 0.6 is 0 Å². The van der Waals surface area contributed by atoms with Crippen molar-refractivity contribution >= 4 is 41.8 Å². The molecule has 0 amide bonds. The third-order valence-corrected chi connectivity index (χ3v) is 8.71. The Balaban J connectivity index is 0.000000483. The maximum absolute atomic E-state index is 11.2. The summed E-state index contributed by atoms with van der Waals surface area (Å²) in [6.45, 7) is 0. The van der Waals surface area contributed by atoms with Gasteiger partial charge in [-0.05, 0) is 46.4 Å². The Kier molecular flexibility index (Phi) is 11.5. The Morgan fingerprint density at radius 3 is 1.11 bits per heavy atom. The maximum atomic E-state index is 11.2. The average Bonchev–Trinajstić information content (AvgIpc) is 2.55. The van der Waals surface area contributed by atoms with E-state index in [0.29, 0.717) is 0 Å². The first-order valence-electron chi connectivity index (χ1n) is 6.72. The summed E-state index contributed by atoms with van der Waals surface area (Å²) in [4.78, 5) is 0.0541. The normalized spacial score (nSPS) is 13.4. The summed E-state index contributed by atoms with van der Waals surface area (Å²) in [6, 6.07) is 14.9. The minimum Gasteiger partial charge on any atom is -0.772 e. The topological polar surface area (TPSA) is 149 Å². The molecule has 2 atom stereocenters. The molecule has 2 aromatic carbocycles. The number of hydrogen-bond donors (Lipinski definition) is 0. The van der Waals surface area contributed by atoms with E-state index in [2.05, 4.69) is 0 Å². The van der Waals surface area contributed by atoms with Crippen LogP contribution in [0.1, 0.15) is 0 Å². The average molecular weight is 504 g/mol. The Bertz CT molecular complexity index is 879. The molecule has 0 fully saturated rings. The summed E-state index contributed by atoms with van der Waals surface area (Å²) >= 11 is -5.15. The van der Waals surface area contributed by atoms with E-state index >= 15 is 0 Å². The summed E-state index contributed by atoms with van der Waals surface area (Å²) in [5.74, 6) is 0. The molecule has 0 N–H and O–H groups in total. The number of benzene rings is 2. The van der Waals surface area contributed by atoms with Gasteiger partial charge in [0.1, 0.15) is 10.2 Å². The van der Waals surface area contributed by atoms with Gasteiger partial charge in [-0.25, -0.2) is 16.8 Å². The quantitative estimate of drug-likeness (QED) is 0.410. The van der Waals surface area contributed by atoms with Crippen LogP contribution in [0.5, 0.6) is 0 Å². The first kappa shape index (κ1) is 26.2. The van der Waals surface area contributed by atoms with Crippen molar-refractivity contribution in [2.45, 2.75) is 9.79 Å². The van der Waals surface area contributed by atoms with Crippen molar-refractivity contribution < 1.29 is 53.8 Å². The number of rotatable bonds is 6. The second-order valence-corrected chi connectivity index (χ2v) is 11.2. The summed E-state index contributed by atoms with van der Waals surface area (Å²) in [5, 5.41) is -1.73. The van der Waals surface area contributed by atoms with Gasteiger partial charge >= 0.3 is 19.5 Å². The molecule has 0 saturated carbocycles. The van der Waals surface area contributed by atoms with Gasteiger partial charge in [0.25, 0.3) is 0 Å². The maximum Gasteiger partial charge on any atom is 2.00 e. The first-order chi connectivity index (χ1) is 12.0.